The molecule has 0 bridgehead atoms. The smallest absolute Gasteiger partial charge is 0.227 e. The van der Waals surface area contributed by atoms with Gasteiger partial charge in [-0.2, -0.15) is 0 Å². The first-order chi connectivity index (χ1) is 26.3. The van der Waals surface area contributed by atoms with E-state index in [0.717, 1.165) is 78.0 Å². The zero-order valence-electron chi connectivity index (χ0n) is 28.5. The number of aliphatic imine (C=N–C) groups is 1. The number of fused-ring (bicyclic) bond motifs is 8. The molecule has 0 aliphatic carbocycles. The number of para-hydroxylation sites is 3. The van der Waals surface area contributed by atoms with Crippen LogP contribution in [0, 0.1) is 0 Å². The van der Waals surface area contributed by atoms with E-state index < -0.39 is 0 Å². The van der Waals surface area contributed by atoms with E-state index in [9.17, 15) is 0 Å². The highest BCUT2D eigenvalue weighted by atomic mass is 16.3. The minimum absolute atomic E-state index is 0.118. The van der Waals surface area contributed by atoms with E-state index in [0.29, 0.717) is 5.89 Å². The number of rotatable bonds is 4. The summed E-state index contributed by atoms with van der Waals surface area (Å²) in [6.45, 7) is 0. The van der Waals surface area contributed by atoms with Crippen LogP contribution in [-0.4, -0.2) is 20.1 Å². The van der Waals surface area contributed by atoms with Gasteiger partial charge in [-0.25, -0.2) is 9.98 Å². The lowest BCUT2D eigenvalue weighted by molar-refractivity contribution is 0.620. The van der Waals surface area contributed by atoms with Crippen LogP contribution >= 0.6 is 0 Å². The van der Waals surface area contributed by atoms with Gasteiger partial charge in [0.05, 0.1) is 39.5 Å². The SMILES string of the molecule is C1=C(c2ccccc2)N=C(n2c3ccc4oc(-c5ccccc5)nc4c3c3cccc(-n4c5ccccc5c5ccccc54)c32)NC1c1ccccc1. The van der Waals surface area contributed by atoms with Crippen LogP contribution in [-0.2, 0) is 0 Å². The molecule has 0 radical (unpaired) electrons. The second-order valence-electron chi connectivity index (χ2n) is 13.5. The van der Waals surface area contributed by atoms with Gasteiger partial charge in [0.2, 0.25) is 11.9 Å². The summed E-state index contributed by atoms with van der Waals surface area (Å²) in [4.78, 5) is 10.6. The van der Waals surface area contributed by atoms with E-state index in [4.69, 9.17) is 14.4 Å². The van der Waals surface area contributed by atoms with Crippen LogP contribution in [0.5, 0.6) is 0 Å². The van der Waals surface area contributed by atoms with E-state index in [1.54, 1.807) is 0 Å². The van der Waals surface area contributed by atoms with E-state index in [1.807, 2.05) is 42.5 Å². The number of nitrogens with zero attached hydrogens (tertiary/aromatic N) is 4. The number of oxazole rings is 1. The standard InChI is InChI=1S/C47H31N5O/c1-4-15-30(16-5-1)36-29-37(31-17-6-2-7-18-31)49-47(48-36)52-40-27-28-42-44(50-46(53-42)32-19-8-3-9-20-32)43(40)35-23-14-26-41(45(35)52)51-38-24-12-10-21-33(38)34-22-11-13-25-39(34)51/h1-29,36H,(H,48,49). The molecule has 4 heterocycles. The van der Waals surface area contributed by atoms with Gasteiger partial charge < -0.3 is 14.3 Å². The lowest BCUT2D eigenvalue weighted by Crippen LogP contribution is -2.35. The molecule has 0 saturated heterocycles. The van der Waals surface area contributed by atoms with Crippen molar-refractivity contribution in [1.82, 2.24) is 19.4 Å². The van der Waals surface area contributed by atoms with Crippen molar-refractivity contribution in [3.8, 4) is 17.1 Å². The van der Waals surface area contributed by atoms with Gasteiger partial charge in [0.1, 0.15) is 5.52 Å². The molecule has 0 fully saturated rings. The molecule has 11 rings (SSSR count). The van der Waals surface area contributed by atoms with Gasteiger partial charge in [0, 0.05) is 32.7 Å². The molecule has 1 atom stereocenters. The summed E-state index contributed by atoms with van der Waals surface area (Å²) in [6.07, 6.45) is 2.22. The minimum atomic E-state index is -0.118. The molecule has 250 valence electrons. The van der Waals surface area contributed by atoms with Gasteiger partial charge in [-0.1, -0.05) is 127 Å². The molecule has 1 aliphatic rings. The Balaban J connectivity index is 1.26. The Hall–Kier alpha value is -7.18. The van der Waals surface area contributed by atoms with E-state index in [1.165, 1.54) is 10.8 Å². The number of benzene rings is 7. The molecule has 1 aliphatic heterocycles. The van der Waals surface area contributed by atoms with Crippen molar-refractivity contribution in [3.05, 3.63) is 187 Å². The Morgan fingerprint density at radius 1 is 0.528 bits per heavy atom. The van der Waals surface area contributed by atoms with Crippen molar-refractivity contribution >= 4 is 66.4 Å². The zero-order valence-corrected chi connectivity index (χ0v) is 28.5. The maximum Gasteiger partial charge on any atom is 0.227 e. The summed E-state index contributed by atoms with van der Waals surface area (Å²) in [5.74, 6) is 1.33. The van der Waals surface area contributed by atoms with E-state index in [-0.39, 0.29) is 6.04 Å². The van der Waals surface area contributed by atoms with Crippen LogP contribution in [0.25, 0.3) is 77.6 Å². The molecule has 1 N–H and O–H groups in total. The summed E-state index contributed by atoms with van der Waals surface area (Å²) in [6, 6.07) is 59.0. The van der Waals surface area contributed by atoms with Gasteiger partial charge in [-0.05, 0) is 54.1 Å². The quantitative estimate of drug-likeness (QED) is 0.201. The average Bonchev–Trinajstić information content (AvgIpc) is 3.92. The van der Waals surface area contributed by atoms with Gasteiger partial charge in [-0.3, -0.25) is 4.57 Å². The van der Waals surface area contributed by atoms with Gasteiger partial charge >= 0.3 is 0 Å². The fourth-order valence-electron chi connectivity index (χ4n) is 8.06. The highest BCUT2D eigenvalue weighted by Gasteiger charge is 2.27. The number of hydrogen-bond acceptors (Lipinski definition) is 4. The fourth-order valence-corrected chi connectivity index (χ4v) is 8.06. The van der Waals surface area contributed by atoms with E-state index in [2.05, 4.69) is 148 Å². The highest BCUT2D eigenvalue weighted by molar-refractivity contribution is 6.24. The van der Waals surface area contributed by atoms with Crippen LogP contribution in [0.15, 0.2) is 185 Å². The minimum Gasteiger partial charge on any atom is -0.436 e. The summed E-state index contributed by atoms with van der Waals surface area (Å²) in [5.41, 5.74) is 11.0. The van der Waals surface area contributed by atoms with E-state index >= 15 is 0 Å². The Morgan fingerprint density at radius 3 is 1.87 bits per heavy atom. The molecule has 7 aromatic carbocycles. The van der Waals surface area contributed by atoms with Crippen molar-refractivity contribution < 1.29 is 4.42 Å². The Kier molecular flexibility index (Phi) is 6.51. The number of aromatic nitrogens is 3. The normalized spacial score (nSPS) is 14.6. The monoisotopic (exact) mass is 681 g/mol. The Labute approximate surface area is 304 Å². The maximum absolute atomic E-state index is 6.45. The largest absolute Gasteiger partial charge is 0.436 e. The van der Waals surface area contributed by atoms with Gasteiger partial charge in [-0.15, -0.1) is 0 Å². The summed E-state index contributed by atoms with van der Waals surface area (Å²) in [5, 5.41) is 8.36. The summed E-state index contributed by atoms with van der Waals surface area (Å²) in [7, 11) is 0. The molecular weight excluding hydrogens is 651 g/mol. The lowest BCUT2D eigenvalue weighted by atomic mass is 10.0. The Bertz CT molecular complexity index is 3020. The van der Waals surface area contributed by atoms with Crippen LogP contribution in [0.2, 0.25) is 0 Å². The third kappa shape index (κ3) is 4.59. The molecular formula is C47H31N5O. The Morgan fingerprint density at radius 2 is 1.15 bits per heavy atom. The molecule has 53 heavy (non-hydrogen) atoms. The topological polar surface area (TPSA) is 60.3 Å². The molecule has 6 nitrogen and oxygen atoms in total. The first-order valence-corrected chi connectivity index (χ1v) is 17.9. The van der Waals surface area contributed by atoms with Crippen molar-refractivity contribution in [3.63, 3.8) is 0 Å². The number of nitrogens with one attached hydrogen (secondary N) is 1. The molecule has 0 amide bonds. The second-order valence-corrected chi connectivity index (χ2v) is 13.5. The van der Waals surface area contributed by atoms with Crippen LogP contribution in [0.4, 0.5) is 0 Å². The predicted molar refractivity (Wildman–Crippen MR) is 216 cm³/mol. The van der Waals surface area contributed by atoms with Crippen LogP contribution in [0.1, 0.15) is 17.2 Å². The van der Waals surface area contributed by atoms with Crippen molar-refractivity contribution in [2.45, 2.75) is 6.04 Å². The van der Waals surface area contributed by atoms with Gasteiger partial charge in [0.25, 0.3) is 0 Å². The summed E-state index contributed by atoms with van der Waals surface area (Å²) >= 11 is 0. The first-order valence-electron chi connectivity index (χ1n) is 17.9. The molecule has 1 unspecified atom stereocenters. The second kappa shape index (κ2) is 11.7. The molecule has 0 saturated carbocycles. The van der Waals surface area contributed by atoms with Crippen LogP contribution < -0.4 is 5.32 Å². The summed E-state index contributed by atoms with van der Waals surface area (Å²) < 4.78 is 11.1. The highest BCUT2D eigenvalue weighted by Crippen LogP contribution is 2.42. The zero-order chi connectivity index (χ0) is 34.9. The number of hydrogen-bond donors (Lipinski definition) is 1. The fraction of sp³-hybridized carbons (Fsp3) is 0.0213. The van der Waals surface area contributed by atoms with Crippen molar-refractivity contribution in [2.24, 2.45) is 4.99 Å². The third-order valence-electron chi connectivity index (χ3n) is 10.4. The first kappa shape index (κ1) is 29.5. The van der Waals surface area contributed by atoms with Crippen molar-refractivity contribution in [1.29, 1.82) is 0 Å². The van der Waals surface area contributed by atoms with Crippen molar-refractivity contribution in [2.75, 3.05) is 0 Å². The molecule has 6 heteroatoms. The maximum atomic E-state index is 6.45. The third-order valence-corrected chi connectivity index (χ3v) is 10.4. The average molecular weight is 682 g/mol. The molecule has 0 spiro atoms. The lowest BCUT2D eigenvalue weighted by Gasteiger charge is -2.26. The predicted octanol–water partition coefficient (Wildman–Crippen LogP) is 11.3. The molecule has 10 aromatic rings. The molecule has 3 aromatic heterocycles. The van der Waals surface area contributed by atoms with Gasteiger partial charge in [0.15, 0.2) is 5.58 Å². The van der Waals surface area contributed by atoms with Crippen LogP contribution in [0.3, 0.4) is 0 Å².